The normalized spacial score (nSPS) is 15.9. The summed E-state index contributed by atoms with van der Waals surface area (Å²) in [4.78, 5) is 4.52. The lowest BCUT2D eigenvalue weighted by molar-refractivity contribution is -0.137. The summed E-state index contributed by atoms with van der Waals surface area (Å²) >= 11 is 0. The van der Waals surface area contributed by atoms with Gasteiger partial charge in [-0.3, -0.25) is 4.90 Å². The maximum atomic E-state index is 13.2. The van der Waals surface area contributed by atoms with E-state index in [-0.39, 0.29) is 12.4 Å². The molecule has 3 rings (SSSR count). The van der Waals surface area contributed by atoms with Crippen molar-refractivity contribution in [2.75, 3.05) is 37.6 Å². The molecule has 152 valence electrons. The van der Waals surface area contributed by atoms with Gasteiger partial charge in [0.2, 0.25) is 0 Å². The number of piperazine rings is 1. The highest BCUT2D eigenvalue weighted by molar-refractivity contribution is 5.60. The Morgan fingerprint density at radius 2 is 1.64 bits per heavy atom. The molecule has 0 unspecified atom stereocenters. The van der Waals surface area contributed by atoms with Crippen LogP contribution in [0.15, 0.2) is 48.5 Å². The molecule has 0 amide bonds. The van der Waals surface area contributed by atoms with Crippen molar-refractivity contribution in [3.63, 3.8) is 0 Å². The third-order valence-corrected chi connectivity index (χ3v) is 4.86. The molecule has 0 aliphatic carbocycles. The van der Waals surface area contributed by atoms with E-state index in [1.54, 1.807) is 6.07 Å². The van der Waals surface area contributed by atoms with Gasteiger partial charge in [0.15, 0.2) is 0 Å². The molecule has 0 saturated carbocycles. The van der Waals surface area contributed by atoms with Crippen molar-refractivity contribution in [1.29, 1.82) is 0 Å². The zero-order valence-corrected chi connectivity index (χ0v) is 16.4. The first-order valence-corrected chi connectivity index (χ1v) is 9.68. The van der Waals surface area contributed by atoms with E-state index in [4.69, 9.17) is 4.74 Å². The van der Waals surface area contributed by atoms with Gasteiger partial charge < -0.3 is 9.64 Å². The Hall–Kier alpha value is -2.21. The van der Waals surface area contributed by atoms with E-state index >= 15 is 0 Å². The first-order valence-electron chi connectivity index (χ1n) is 9.68. The summed E-state index contributed by atoms with van der Waals surface area (Å²) in [6.07, 6.45) is -4.39. The predicted octanol–water partition coefficient (Wildman–Crippen LogP) is 5.06. The molecule has 1 aliphatic heterocycles. The standard InChI is InChI=1S/C22H27F3N2O/c1-17(2)15-26-10-12-27(13-11-26)20-9-8-19(22(23,24)25)14-21(20)28-16-18-6-4-3-5-7-18/h3-9,14,17H,10-13,15-16H2,1-2H3. The largest absolute Gasteiger partial charge is 0.487 e. The first-order chi connectivity index (χ1) is 13.3. The lowest BCUT2D eigenvalue weighted by Gasteiger charge is -2.37. The number of rotatable bonds is 6. The third-order valence-electron chi connectivity index (χ3n) is 4.86. The molecule has 1 aliphatic rings. The number of halogens is 3. The second-order valence-corrected chi connectivity index (χ2v) is 7.64. The molecule has 0 atom stereocenters. The minimum atomic E-state index is -4.39. The summed E-state index contributed by atoms with van der Waals surface area (Å²) in [6.45, 7) is 9.02. The molecule has 0 N–H and O–H groups in total. The molecule has 28 heavy (non-hydrogen) atoms. The number of anilines is 1. The van der Waals surface area contributed by atoms with Crippen molar-refractivity contribution in [3.8, 4) is 5.75 Å². The van der Waals surface area contributed by atoms with Crippen LogP contribution < -0.4 is 9.64 Å². The second kappa shape index (κ2) is 8.86. The minimum Gasteiger partial charge on any atom is -0.487 e. The van der Waals surface area contributed by atoms with E-state index in [9.17, 15) is 13.2 Å². The van der Waals surface area contributed by atoms with Crippen LogP contribution in [0, 0.1) is 5.92 Å². The van der Waals surface area contributed by atoms with Crippen molar-refractivity contribution < 1.29 is 17.9 Å². The molecule has 0 bridgehead atoms. The average Bonchev–Trinajstić information content (AvgIpc) is 2.66. The highest BCUT2D eigenvalue weighted by Crippen LogP contribution is 2.37. The quantitative estimate of drug-likeness (QED) is 0.683. The van der Waals surface area contributed by atoms with Crippen molar-refractivity contribution in [2.24, 2.45) is 5.92 Å². The number of alkyl halides is 3. The number of hydrogen-bond donors (Lipinski definition) is 0. The van der Waals surface area contributed by atoms with Crippen LogP contribution >= 0.6 is 0 Å². The van der Waals surface area contributed by atoms with Gasteiger partial charge >= 0.3 is 6.18 Å². The second-order valence-electron chi connectivity index (χ2n) is 7.64. The van der Waals surface area contributed by atoms with Crippen molar-refractivity contribution in [3.05, 3.63) is 59.7 Å². The van der Waals surface area contributed by atoms with Crippen molar-refractivity contribution in [2.45, 2.75) is 26.6 Å². The van der Waals surface area contributed by atoms with Gasteiger partial charge in [0, 0.05) is 32.7 Å². The molecular weight excluding hydrogens is 365 g/mol. The van der Waals surface area contributed by atoms with Crippen LogP contribution in [-0.2, 0) is 12.8 Å². The molecule has 2 aromatic carbocycles. The fraction of sp³-hybridized carbons (Fsp3) is 0.455. The summed E-state index contributed by atoms with van der Waals surface area (Å²) in [7, 11) is 0. The number of benzene rings is 2. The topological polar surface area (TPSA) is 15.7 Å². The molecule has 3 nitrogen and oxygen atoms in total. The predicted molar refractivity (Wildman–Crippen MR) is 106 cm³/mol. The minimum absolute atomic E-state index is 0.239. The first kappa shape index (κ1) is 20.5. The molecule has 0 aromatic heterocycles. The van der Waals surface area contributed by atoms with Crippen LogP contribution in [-0.4, -0.2) is 37.6 Å². The van der Waals surface area contributed by atoms with Gasteiger partial charge in [0.05, 0.1) is 11.3 Å². The van der Waals surface area contributed by atoms with Crippen LogP contribution in [0.1, 0.15) is 25.0 Å². The van der Waals surface area contributed by atoms with Crippen LogP contribution in [0.3, 0.4) is 0 Å². The van der Waals surface area contributed by atoms with Crippen LogP contribution in [0.5, 0.6) is 5.75 Å². The lowest BCUT2D eigenvalue weighted by atomic mass is 10.1. The van der Waals surface area contributed by atoms with E-state index in [1.807, 2.05) is 30.3 Å². The van der Waals surface area contributed by atoms with Gasteiger partial charge in [-0.2, -0.15) is 13.2 Å². The molecular formula is C22H27F3N2O. The van der Waals surface area contributed by atoms with Crippen LogP contribution in [0.25, 0.3) is 0 Å². The summed E-state index contributed by atoms with van der Waals surface area (Å²) in [6, 6.07) is 13.3. The smallest absolute Gasteiger partial charge is 0.416 e. The third kappa shape index (κ3) is 5.41. The van der Waals surface area contributed by atoms with E-state index in [0.29, 0.717) is 5.92 Å². The van der Waals surface area contributed by atoms with Crippen molar-refractivity contribution in [1.82, 2.24) is 4.90 Å². The highest BCUT2D eigenvalue weighted by Gasteiger charge is 2.32. The van der Waals surface area contributed by atoms with Crippen molar-refractivity contribution >= 4 is 5.69 Å². The molecule has 6 heteroatoms. The lowest BCUT2D eigenvalue weighted by Crippen LogP contribution is -2.47. The molecule has 1 fully saturated rings. The van der Waals surface area contributed by atoms with Gasteiger partial charge in [-0.25, -0.2) is 0 Å². The Labute approximate surface area is 164 Å². The van der Waals surface area contributed by atoms with Gasteiger partial charge in [0.25, 0.3) is 0 Å². The summed E-state index contributed by atoms with van der Waals surface area (Å²) in [5, 5.41) is 0. The van der Waals surface area contributed by atoms with Crippen LogP contribution in [0.2, 0.25) is 0 Å². The van der Waals surface area contributed by atoms with Gasteiger partial charge in [-0.1, -0.05) is 44.2 Å². The van der Waals surface area contributed by atoms with Gasteiger partial charge in [-0.05, 0) is 29.7 Å². The highest BCUT2D eigenvalue weighted by atomic mass is 19.4. The van der Waals surface area contributed by atoms with E-state index in [1.165, 1.54) is 0 Å². The molecule has 1 heterocycles. The van der Waals surface area contributed by atoms with E-state index in [0.717, 1.165) is 56.1 Å². The molecule has 1 saturated heterocycles. The van der Waals surface area contributed by atoms with Gasteiger partial charge in [-0.15, -0.1) is 0 Å². The Kier molecular flexibility index (Phi) is 6.50. The molecule has 0 spiro atoms. The summed E-state index contributed by atoms with van der Waals surface area (Å²) in [5.41, 5.74) is 0.971. The van der Waals surface area contributed by atoms with E-state index < -0.39 is 11.7 Å². The van der Waals surface area contributed by atoms with Gasteiger partial charge in [0.1, 0.15) is 12.4 Å². The maximum absolute atomic E-state index is 13.2. The number of ether oxygens (including phenoxy) is 1. The zero-order chi connectivity index (χ0) is 20.1. The fourth-order valence-corrected chi connectivity index (χ4v) is 3.49. The Morgan fingerprint density at radius 1 is 0.964 bits per heavy atom. The fourth-order valence-electron chi connectivity index (χ4n) is 3.49. The summed E-state index contributed by atoms with van der Waals surface area (Å²) < 4.78 is 45.5. The van der Waals surface area contributed by atoms with Crippen LogP contribution in [0.4, 0.5) is 18.9 Å². The molecule has 0 radical (unpaired) electrons. The Morgan fingerprint density at radius 3 is 2.25 bits per heavy atom. The van der Waals surface area contributed by atoms with E-state index in [2.05, 4.69) is 23.6 Å². The Balaban J connectivity index is 1.77. The number of hydrogen-bond acceptors (Lipinski definition) is 3. The SMILES string of the molecule is CC(C)CN1CCN(c2ccc(C(F)(F)F)cc2OCc2ccccc2)CC1. The number of nitrogens with zero attached hydrogens (tertiary/aromatic N) is 2. The summed E-state index contributed by atoms with van der Waals surface area (Å²) in [5.74, 6) is 0.887. The average molecular weight is 392 g/mol. The molecule has 2 aromatic rings. The maximum Gasteiger partial charge on any atom is 0.416 e. The zero-order valence-electron chi connectivity index (χ0n) is 16.4. The monoisotopic (exact) mass is 392 g/mol. The Bertz CT molecular complexity index is 754.